The van der Waals surface area contributed by atoms with Crippen molar-refractivity contribution in [1.29, 1.82) is 0 Å². The fourth-order valence-electron chi connectivity index (χ4n) is 2.84. The van der Waals surface area contributed by atoms with E-state index >= 15 is 0 Å². The second-order valence-corrected chi connectivity index (χ2v) is 6.86. The van der Waals surface area contributed by atoms with Crippen molar-refractivity contribution in [2.75, 3.05) is 39.3 Å². The van der Waals surface area contributed by atoms with E-state index in [1.807, 2.05) is 16.3 Å². The second-order valence-electron chi connectivity index (χ2n) is 5.91. The average Bonchev–Trinajstić information content (AvgIpc) is 3.00. The van der Waals surface area contributed by atoms with Crippen LogP contribution in [0.5, 0.6) is 0 Å². The molecule has 0 bridgehead atoms. The van der Waals surface area contributed by atoms with Gasteiger partial charge in [-0.15, -0.1) is 11.3 Å². The summed E-state index contributed by atoms with van der Waals surface area (Å²) in [6, 6.07) is 3.62. The molecule has 1 aliphatic heterocycles. The van der Waals surface area contributed by atoms with Crippen LogP contribution in [0, 0.1) is 5.92 Å². The Bertz CT molecular complexity index is 505. The molecule has 120 valence electrons. The highest BCUT2D eigenvalue weighted by molar-refractivity contribution is 7.11. The molecule has 1 saturated carbocycles. The largest absolute Gasteiger partial charge is 0.460 e. The molecule has 1 aromatic rings. The third-order valence-corrected chi connectivity index (χ3v) is 5.35. The van der Waals surface area contributed by atoms with Crippen molar-refractivity contribution in [3.05, 3.63) is 22.4 Å². The lowest BCUT2D eigenvalue weighted by Gasteiger charge is -2.38. The number of carbonyl (C=O) groups is 2. The molecule has 0 radical (unpaired) electrons. The maximum atomic E-state index is 12.2. The Morgan fingerprint density at radius 2 is 2.00 bits per heavy atom. The maximum Gasteiger partial charge on any atom is 0.348 e. The van der Waals surface area contributed by atoms with Gasteiger partial charge in [0, 0.05) is 38.6 Å². The van der Waals surface area contributed by atoms with E-state index in [-0.39, 0.29) is 5.97 Å². The van der Waals surface area contributed by atoms with Gasteiger partial charge in [-0.05, 0) is 24.3 Å². The van der Waals surface area contributed by atoms with Gasteiger partial charge in [0.15, 0.2) is 0 Å². The molecule has 6 heteroatoms. The molecule has 0 unspecified atom stereocenters. The van der Waals surface area contributed by atoms with Gasteiger partial charge < -0.3 is 9.64 Å². The number of thiophene rings is 1. The van der Waals surface area contributed by atoms with Crippen LogP contribution in [-0.4, -0.2) is 61.0 Å². The zero-order valence-corrected chi connectivity index (χ0v) is 13.5. The van der Waals surface area contributed by atoms with E-state index in [1.54, 1.807) is 6.07 Å². The summed E-state index contributed by atoms with van der Waals surface area (Å²) in [5, 5.41) is 1.87. The Kier molecular flexibility index (Phi) is 5.10. The molecule has 2 fully saturated rings. The molecule has 1 aliphatic carbocycles. The average molecular weight is 322 g/mol. The number of ether oxygens (including phenoxy) is 1. The first-order valence-electron chi connectivity index (χ1n) is 7.96. The van der Waals surface area contributed by atoms with Gasteiger partial charge in [-0.2, -0.15) is 0 Å². The normalized spacial score (nSPS) is 19.7. The van der Waals surface area contributed by atoms with Crippen molar-refractivity contribution in [2.24, 2.45) is 5.92 Å². The quantitative estimate of drug-likeness (QED) is 0.776. The predicted octanol–water partition coefficient (Wildman–Crippen LogP) is 1.85. The van der Waals surface area contributed by atoms with Crippen molar-refractivity contribution in [3.8, 4) is 0 Å². The minimum atomic E-state index is -0.242. The molecule has 1 aromatic heterocycles. The number of rotatable bonds is 5. The van der Waals surface area contributed by atoms with E-state index in [1.165, 1.54) is 17.8 Å². The van der Waals surface area contributed by atoms with Crippen molar-refractivity contribution >= 4 is 23.2 Å². The third kappa shape index (κ3) is 3.67. The van der Waals surface area contributed by atoms with Crippen LogP contribution in [0.2, 0.25) is 0 Å². The molecule has 0 spiro atoms. The minimum absolute atomic E-state index is 0.242. The molecule has 2 heterocycles. The summed E-state index contributed by atoms with van der Waals surface area (Å²) in [4.78, 5) is 28.8. The van der Waals surface area contributed by atoms with Crippen LogP contribution in [0.15, 0.2) is 17.5 Å². The van der Waals surface area contributed by atoms with E-state index in [0.717, 1.165) is 45.6 Å². The highest BCUT2D eigenvalue weighted by Crippen LogP contribution is 2.28. The Morgan fingerprint density at radius 3 is 2.59 bits per heavy atom. The number of hydrogen-bond donors (Lipinski definition) is 0. The molecule has 0 N–H and O–H groups in total. The van der Waals surface area contributed by atoms with Crippen LogP contribution in [0.3, 0.4) is 0 Å². The molecule has 3 rings (SSSR count). The number of carbonyl (C=O) groups excluding carboxylic acids is 2. The maximum absolute atomic E-state index is 12.2. The van der Waals surface area contributed by atoms with Crippen LogP contribution in [0.25, 0.3) is 0 Å². The van der Waals surface area contributed by atoms with Gasteiger partial charge in [0.2, 0.25) is 5.91 Å². The van der Waals surface area contributed by atoms with Gasteiger partial charge in [0.1, 0.15) is 11.5 Å². The van der Waals surface area contributed by atoms with Gasteiger partial charge >= 0.3 is 5.97 Å². The highest BCUT2D eigenvalue weighted by Gasteiger charge is 2.31. The molecular weight excluding hydrogens is 300 g/mol. The van der Waals surface area contributed by atoms with Crippen LogP contribution in [0.1, 0.15) is 28.9 Å². The van der Waals surface area contributed by atoms with Gasteiger partial charge in [-0.3, -0.25) is 9.69 Å². The fourth-order valence-corrected chi connectivity index (χ4v) is 3.45. The monoisotopic (exact) mass is 322 g/mol. The summed E-state index contributed by atoms with van der Waals surface area (Å²) in [6.07, 6.45) is 3.33. The molecule has 5 nitrogen and oxygen atoms in total. The minimum Gasteiger partial charge on any atom is -0.460 e. The van der Waals surface area contributed by atoms with Gasteiger partial charge in [0.05, 0.1) is 0 Å². The number of hydrogen-bond acceptors (Lipinski definition) is 5. The van der Waals surface area contributed by atoms with Gasteiger partial charge in [0.25, 0.3) is 0 Å². The first-order chi connectivity index (χ1) is 10.7. The molecule has 2 aliphatic rings. The number of piperazine rings is 1. The topological polar surface area (TPSA) is 49.9 Å². The molecule has 1 saturated heterocycles. The Morgan fingerprint density at radius 1 is 1.23 bits per heavy atom. The Balaban J connectivity index is 1.34. The van der Waals surface area contributed by atoms with Gasteiger partial charge in [-0.1, -0.05) is 12.5 Å². The lowest BCUT2D eigenvalue weighted by molar-refractivity contribution is -0.140. The number of nitrogens with zero attached hydrogens (tertiary/aromatic N) is 2. The van der Waals surface area contributed by atoms with Crippen molar-refractivity contribution in [2.45, 2.75) is 19.3 Å². The third-order valence-electron chi connectivity index (χ3n) is 4.50. The Labute approximate surface area is 134 Å². The van der Waals surface area contributed by atoms with E-state index in [2.05, 4.69) is 4.90 Å². The first kappa shape index (κ1) is 15.5. The molecule has 0 atom stereocenters. The SMILES string of the molecule is O=C(OCCN1CCN(C(=O)C2CCC2)CC1)c1cccs1. The summed E-state index contributed by atoms with van der Waals surface area (Å²) in [7, 11) is 0. The molecule has 0 aromatic carbocycles. The molecular formula is C16H22N2O3S. The van der Waals surface area contributed by atoms with Crippen LogP contribution in [-0.2, 0) is 9.53 Å². The van der Waals surface area contributed by atoms with Crippen molar-refractivity contribution in [1.82, 2.24) is 9.80 Å². The van der Waals surface area contributed by atoms with Crippen molar-refractivity contribution < 1.29 is 14.3 Å². The van der Waals surface area contributed by atoms with Crippen molar-refractivity contribution in [3.63, 3.8) is 0 Å². The smallest absolute Gasteiger partial charge is 0.348 e. The standard InChI is InChI=1S/C16H22N2O3S/c19-15(13-3-1-4-13)18-8-6-17(7-9-18)10-11-21-16(20)14-5-2-12-22-14/h2,5,12-13H,1,3-4,6-11H2. The highest BCUT2D eigenvalue weighted by atomic mass is 32.1. The second kappa shape index (κ2) is 7.24. The fraction of sp³-hybridized carbons (Fsp3) is 0.625. The van der Waals surface area contributed by atoms with Gasteiger partial charge in [-0.25, -0.2) is 4.79 Å². The summed E-state index contributed by atoms with van der Waals surface area (Å²) in [6.45, 7) is 4.49. The van der Waals surface area contributed by atoms with E-state index < -0.39 is 0 Å². The number of amides is 1. The van der Waals surface area contributed by atoms with E-state index in [9.17, 15) is 9.59 Å². The van der Waals surface area contributed by atoms with E-state index in [4.69, 9.17) is 4.74 Å². The van der Waals surface area contributed by atoms with Crippen LogP contribution < -0.4 is 0 Å². The zero-order chi connectivity index (χ0) is 15.4. The molecule has 1 amide bonds. The lowest BCUT2D eigenvalue weighted by Crippen LogP contribution is -2.51. The molecule has 22 heavy (non-hydrogen) atoms. The predicted molar refractivity (Wildman–Crippen MR) is 85.0 cm³/mol. The van der Waals surface area contributed by atoms with Crippen LogP contribution in [0.4, 0.5) is 0 Å². The lowest BCUT2D eigenvalue weighted by atomic mass is 9.84. The van der Waals surface area contributed by atoms with Crippen LogP contribution >= 0.6 is 11.3 Å². The first-order valence-corrected chi connectivity index (χ1v) is 8.84. The number of esters is 1. The summed E-state index contributed by atoms with van der Waals surface area (Å²) in [5.74, 6) is 0.391. The summed E-state index contributed by atoms with van der Waals surface area (Å²) in [5.41, 5.74) is 0. The Hall–Kier alpha value is -1.40. The zero-order valence-electron chi connectivity index (χ0n) is 12.7. The van der Waals surface area contributed by atoms with E-state index in [0.29, 0.717) is 23.3 Å². The summed E-state index contributed by atoms with van der Waals surface area (Å²) < 4.78 is 5.28. The summed E-state index contributed by atoms with van der Waals surface area (Å²) >= 11 is 1.40.